The summed E-state index contributed by atoms with van der Waals surface area (Å²) in [5.74, 6) is 0.242. The zero-order valence-corrected chi connectivity index (χ0v) is 14.7. The zero-order valence-electron chi connectivity index (χ0n) is 13.9. The highest BCUT2D eigenvalue weighted by molar-refractivity contribution is 7.92. The van der Waals surface area contributed by atoms with Crippen LogP contribution in [0.15, 0.2) is 53.4 Å². The van der Waals surface area contributed by atoms with Crippen molar-refractivity contribution in [2.75, 3.05) is 10.0 Å². The van der Waals surface area contributed by atoms with Crippen molar-refractivity contribution in [3.63, 3.8) is 0 Å². The van der Waals surface area contributed by atoms with Crippen molar-refractivity contribution in [1.29, 1.82) is 0 Å². The lowest BCUT2D eigenvalue weighted by molar-refractivity contribution is -0.123. The predicted molar refractivity (Wildman–Crippen MR) is 96.3 cm³/mol. The van der Waals surface area contributed by atoms with E-state index >= 15 is 0 Å². The van der Waals surface area contributed by atoms with Crippen LogP contribution in [0, 0.1) is 0 Å². The average molecular weight is 360 g/mol. The Morgan fingerprint density at radius 1 is 1.16 bits per heavy atom. The number of carbonyl (C=O) groups is 1. The van der Waals surface area contributed by atoms with Crippen LogP contribution in [0.4, 0.5) is 11.4 Å². The maximum Gasteiger partial charge on any atom is 0.265 e. The molecule has 0 bridgehead atoms. The number of hydrogen-bond donors (Lipinski definition) is 2. The second-order valence-electron chi connectivity index (χ2n) is 5.87. The van der Waals surface area contributed by atoms with Crippen LogP contribution >= 0.6 is 0 Å². The van der Waals surface area contributed by atoms with E-state index in [2.05, 4.69) is 10.0 Å². The topological polar surface area (TPSA) is 84.5 Å². The normalized spacial score (nSPS) is 16.5. The standard InChI is InChI=1S/C18H20N2O4S/c1-2-3-9-17-18(21)19-15-12-14(10-11-16(15)24-17)25(22,23)20-13-7-5-4-6-8-13/h4-8,10-12,17,20H,2-3,9H2,1H3,(H,19,21)/t17-/m0/s1. The van der Waals surface area contributed by atoms with Crippen LogP contribution < -0.4 is 14.8 Å². The fraction of sp³-hybridized carbons (Fsp3) is 0.278. The van der Waals surface area contributed by atoms with Gasteiger partial charge in [0.05, 0.1) is 10.6 Å². The molecule has 1 aliphatic rings. The van der Waals surface area contributed by atoms with Gasteiger partial charge >= 0.3 is 0 Å². The van der Waals surface area contributed by atoms with E-state index in [4.69, 9.17) is 4.74 Å². The third-order valence-electron chi connectivity index (χ3n) is 3.93. The Morgan fingerprint density at radius 3 is 2.64 bits per heavy atom. The minimum Gasteiger partial charge on any atom is -0.478 e. The van der Waals surface area contributed by atoms with Crippen LogP contribution in [-0.4, -0.2) is 20.4 Å². The highest BCUT2D eigenvalue weighted by Crippen LogP contribution is 2.33. The Hall–Kier alpha value is -2.54. The minimum absolute atomic E-state index is 0.0611. The molecule has 0 saturated carbocycles. The number of sulfonamides is 1. The van der Waals surface area contributed by atoms with Crippen molar-refractivity contribution in [2.24, 2.45) is 0 Å². The van der Waals surface area contributed by atoms with Crippen LogP contribution in [0.1, 0.15) is 26.2 Å². The Balaban J connectivity index is 1.82. The number of fused-ring (bicyclic) bond motifs is 1. The molecule has 1 atom stereocenters. The molecular weight excluding hydrogens is 340 g/mol. The number of anilines is 2. The van der Waals surface area contributed by atoms with Gasteiger partial charge in [0.1, 0.15) is 5.75 Å². The van der Waals surface area contributed by atoms with Crippen molar-refractivity contribution in [3.8, 4) is 5.75 Å². The summed E-state index contributed by atoms with van der Waals surface area (Å²) in [7, 11) is -3.75. The quantitative estimate of drug-likeness (QED) is 0.827. The van der Waals surface area contributed by atoms with Crippen LogP contribution in [0.25, 0.3) is 0 Å². The number of carbonyl (C=O) groups excluding carboxylic acids is 1. The van der Waals surface area contributed by atoms with Crippen molar-refractivity contribution < 1.29 is 17.9 Å². The molecule has 1 heterocycles. The van der Waals surface area contributed by atoms with Gasteiger partial charge < -0.3 is 10.1 Å². The third kappa shape index (κ3) is 3.93. The van der Waals surface area contributed by atoms with Crippen molar-refractivity contribution in [2.45, 2.75) is 37.2 Å². The second-order valence-corrected chi connectivity index (χ2v) is 7.55. The largest absolute Gasteiger partial charge is 0.478 e. The first-order valence-corrected chi connectivity index (χ1v) is 9.67. The molecule has 0 fully saturated rings. The van der Waals surface area contributed by atoms with E-state index in [-0.39, 0.29) is 10.8 Å². The molecule has 25 heavy (non-hydrogen) atoms. The van der Waals surface area contributed by atoms with Gasteiger partial charge in [0.2, 0.25) is 0 Å². The molecular formula is C18H20N2O4S. The lowest BCUT2D eigenvalue weighted by Gasteiger charge is -2.26. The van der Waals surface area contributed by atoms with E-state index in [0.717, 1.165) is 12.8 Å². The van der Waals surface area contributed by atoms with E-state index in [9.17, 15) is 13.2 Å². The predicted octanol–water partition coefficient (Wildman–Crippen LogP) is 3.38. The minimum atomic E-state index is -3.75. The number of unbranched alkanes of at least 4 members (excludes halogenated alkanes) is 1. The molecule has 0 aromatic heterocycles. The van der Waals surface area contributed by atoms with Gasteiger partial charge in [0.25, 0.3) is 15.9 Å². The molecule has 0 radical (unpaired) electrons. The number of amides is 1. The van der Waals surface area contributed by atoms with Gasteiger partial charge in [-0.25, -0.2) is 8.42 Å². The molecule has 2 aromatic rings. The van der Waals surface area contributed by atoms with E-state index in [0.29, 0.717) is 23.5 Å². The second kappa shape index (κ2) is 7.14. The van der Waals surface area contributed by atoms with Crippen molar-refractivity contribution >= 4 is 27.3 Å². The molecule has 6 nitrogen and oxygen atoms in total. The summed E-state index contributed by atoms with van der Waals surface area (Å²) in [5.41, 5.74) is 0.842. The van der Waals surface area contributed by atoms with Gasteiger partial charge in [0, 0.05) is 5.69 Å². The maximum absolute atomic E-state index is 12.5. The highest BCUT2D eigenvalue weighted by Gasteiger charge is 2.28. The number of rotatable bonds is 6. The van der Waals surface area contributed by atoms with Crippen LogP contribution in [-0.2, 0) is 14.8 Å². The van der Waals surface area contributed by atoms with Gasteiger partial charge in [-0.15, -0.1) is 0 Å². The summed E-state index contributed by atoms with van der Waals surface area (Å²) in [6, 6.07) is 13.1. The van der Waals surface area contributed by atoms with Gasteiger partial charge in [-0.3, -0.25) is 9.52 Å². The van der Waals surface area contributed by atoms with Crippen LogP contribution in [0.2, 0.25) is 0 Å². The van der Waals surface area contributed by atoms with E-state index in [1.54, 1.807) is 36.4 Å². The summed E-state index contributed by atoms with van der Waals surface area (Å²) in [4.78, 5) is 12.2. The molecule has 7 heteroatoms. The van der Waals surface area contributed by atoms with Crippen molar-refractivity contribution in [1.82, 2.24) is 0 Å². The SMILES string of the molecule is CCCC[C@@H]1Oc2ccc(S(=O)(=O)Nc3ccccc3)cc2NC1=O. The Kier molecular flexibility index (Phi) is 4.94. The summed E-state index contributed by atoms with van der Waals surface area (Å²) in [6.45, 7) is 2.05. The number of hydrogen-bond acceptors (Lipinski definition) is 4. The van der Waals surface area contributed by atoms with E-state index in [1.807, 2.05) is 6.92 Å². The summed E-state index contributed by atoms with van der Waals surface area (Å²) >= 11 is 0. The molecule has 1 amide bonds. The van der Waals surface area contributed by atoms with Crippen molar-refractivity contribution in [3.05, 3.63) is 48.5 Å². The monoisotopic (exact) mass is 360 g/mol. The van der Waals surface area contributed by atoms with Gasteiger partial charge in [-0.05, 0) is 43.2 Å². The highest BCUT2D eigenvalue weighted by atomic mass is 32.2. The number of benzene rings is 2. The first-order valence-electron chi connectivity index (χ1n) is 8.19. The fourth-order valence-electron chi connectivity index (χ4n) is 2.60. The van der Waals surface area contributed by atoms with Gasteiger partial charge in [-0.2, -0.15) is 0 Å². The molecule has 0 aliphatic carbocycles. The smallest absolute Gasteiger partial charge is 0.265 e. The lowest BCUT2D eigenvalue weighted by Crippen LogP contribution is -2.37. The Morgan fingerprint density at radius 2 is 1.92 bits per heavy atom. The summed E-state index contributed by atoms with van der Waals surface area (Å²) < 4.78 is 33.2. The average Bonchev–Trinajstić information content (AvgIpc) is 2.60. The molecule has 0 spiro atoms. The zero-order chi connectivity index (χ0) is 17.9. The molecule has 1 aliphatic heterocycles. The first kappa shape index (κ1) is 17.3. The fourth-order valence-corrected chi connectivity index (χ4v) is 3.68. The van der Waals surface area contributed by atoms with Gasteiger partial charge in [0.15, 0.2) is 6.10 Å². The Bertz CT molecular complexity index is 866. The number of ether oxygens (including phenoxy) is 1. The molecule has 2 N–H and O–H groups in total. The Labute approximate surface area is 147 Å². The molecule has 0 unspecified atom stereocenters. The number of nitrogens with one attached hydrogen (secondary N) is 2. The van der Waals surface area contributed by atoms with Gasteiger partial charge in [-0.1, -0.05) is 31.5 Å². The molecule has 132 valence electrons. The third-order valence-corrected chi connectivity index (χ3v) is 5.31. The van der Waals surface area contributed by atoms with Crippen LogP contribution in [0.5, 0.6) is 5.75 Å². The maximum atomic E-state index is 12.5. The summed E-state index contributed by atoms with van der Waals surface area (Å²) in [6.07, 6.45) is 1.97. The molecule has 2 aromatic carbocycles. The summed E-state index contributed by atoms with van der Waals surface area (Å²) in [5, 5.41) is 2.74. The van der Waals surface area contributed by atoms with Crippen LogP contribution in [0.3, 0.4) is 0 Å². The molecule has 3 rings (SSSR count). The van der Waals surface area contributed by atoms with E-state index < -0.39 is 16.1 Å². The van der Waals surface area contributed by atoms with E-state index in [1.165, 1.54) is 12.1 Å². The first-order chi connectivity index (χ1) is 12.0. The molecule has 0 saturated heterocycles. The number of para-hydroxylation sites is 1. The lowest BCUT2D eigenvalue weighted by atomic mass is 10.1.